The maximum absolute atomic E-state index is 12.1. The Morgan fingerprint density at radius 3 is 2.96 bits per heavy atom. The number of nitrogens with zero attached hydrogens (tertiary/aromatic N) is 4. The average molecular weight is 366 g/mol. The third kappa shape index (κ3) is 4.02. The molecule has 6 nitrogen and oxygen atoms in total. The molecule has 0 bridgehead atoms. The summed E-state index contributed by atoms with van der Waals surface area (Å²) in [5, 5.41) is 17.4. The summed E-state index contributed by atoms with van der Waals surface area (Å²) in [7, 11) is 0. The van der Waals surface area contributed by atoms with Gasteiger partial charge in [-0.2, -0.15) is 5.10 Å². The summed E-state index contributed by atoms with van der Waals surface area (Å²) in [6.45, 7) is 4.79. The molecule has 0 unspecified atom stereocenters. The fourth-order valence-electron chi connectivity index (χ4n) is 2.30. The lowest BCUT2D eigenvalue weighted by Gasteiger charge is -2.00. The number of anilines is 1. The van der Waals surface area contributed by atoms with Crippen LogP contribution in [0.1, 0.15) is 54.8 Å². The van der Waals surface area contributed by atoms with E-state index in [1.54, 1.807) is 10.8 Å². The average Bonchev–Trinajstić information content (AvgIpc) is 3.24. The second-order valence-corrected chi connectivity index (χ2v) is 7.28. The highest BCUT2D eigenvalue weighted by atomic mass is 35.5. The molecule has 1 N–H and O–H groups in total. The van der Waals surface area contributed by atoms with Gasteiger partial charge in [-0.25, -0.2) is 0 Å². The molecule has 2 heterocycles. The first-order chi connectivity index (χ1) is 11.6. The number of unbranched alkanes of at least 4 members (excludes halogenated alkanes) is 1. The molecule has 1 aliphatic carbocycles. The Bertz CT molecular complexity index is 763. The fourth-order valence-corrected chi connectivity index (χ4v) is 3.54. The number of halogens is 1. The summed E-state index contributed by atoms with van der Waals surface area (Å²) in [4.78, 5) is 12.1. The van der Waals surface area contributed by atoms with Gasteiger partial charge in [0, 0.05) is 24.1 Å². The predicted molar refractivity (Wildman–Crippen MR) is 96.4 cm³/mol. The number of rotatable bonds is 7. The topological polar surface area (TPSA) is 72.7 Å². The number of nitrogens with one attached hydrogen (secondary N) is 1. The minimum absolute atomic E-state index is 0.245. The van der Waals surface area contributed by atoms with E-state index in [0.29, 0.717) is 16.2 Å². The molecule has 1 amide bonds. The molecule has 128 valence electrons. The number of amides is 1. The van der Waals surface area contributed by atoms with Gasteiger partial charge in [0.15, 0.2) is 0 Å². The van der Waals surface area contributed by atoms with Crippen LogP contribution in [0.3, 0.4) is 0 Å². The van der Waals surface area contributed by atoms with Crippen LogP contribution in [-0.2, 0) is 11.3 Å². The van der Waals surface area contributed by atoms with Crippen molar-refractivity contribution in [2.45, 2.75) is 52.0 Å². The van der Waals surface area contributed by atoms with Gasteiger partial charge < -0.3 is 0 Å². The Kier molecular flexibility index (Phi) is 5.30. The first-order valence-electron chi connectivity index (χ1n) is 8.13. The van der Waals surface area contributed by atoms with Crippen molar-refractivity contribution in [1.29, 1.82) is 0 Å². The largest absolute Gasteiger partial charge is 0.297 e. The zero-order valence-corrected chi connectivity index (χ0v) is 15.3. The van der Waals surface area contributed by atoms with Crippen LogP contribution in [0.15, 0.2) is 6.08 Å². The van der Waals surface area contributed by atoms with Crippen LogP contribution in [0.5, 0.6) is 0 Å². The zero-order chi connectivity index (χ0) is 17.1. The van der Waals surface area contributed by atoms with Gasteiger partial charge in [-0.1, -0.05) is 36.3 Å². The minimum atomic E-state index is -0.245. The summed E-state index contributed by atoms with van der Waals surface area (Å²) in [6, 6.07) is 0. The zero-order valence-electron chi connectivity index (χ0n) is 13.8. The molecule has 3 rings (SSSR count). The Labute approximate surface area is 149 Å². The molecular formula is C16H20ClN5OS. The third-order valence-electron chi connectivity index (χ3n) is 3.83. The van der Waals surface area contributed by atoms with Crippen molar-refractivity contribution in [1.82, 2.24) is 20.0 Å². The number of aromatic nitrogens is 4. The van der Waals surface area contributed by atoms with E-state index in [9.17, 15) is 4.79 Å². The Morgan fingerprint density at radius 1 is 1.46 bits per heavy atom. The van der Waals surface area contributed by atoms with E-state index in [1.807, 2.05) is 6.92 Å². The number of carbonyl (C=O) groups is 1. The molecular weight excluding hydrogens is 346 g/mol. The number of aryl methyl sites for hydroxylation is 2. The first kappa shape index (κ1) is 17.1. The summed E-state index contributed by atoms with van der Waals surface area (Å²) in [5.41, 5.74) is 1.59. The Balaban J connectivity index is 1.63. The molecule has 0 aromatic carbocycles. The monoisotopic (exact) mass is 365 g/mol. The van der Waals surface area contributed by atoms with Crippen LogP contribution in [0.2, 0.25) is 5.15 Å². The van der Waals surface area contributed by atoms with Crippen LogP contribution in [0.4, 0.5) is 5.13 Å². The van der Waals surface area contributed by atoms with Gasteiger partial charge in [0.2, 0.25) is 11.0 Å². The molecule has 1 aliphatic rings. The highest BCUT2D eigenvalue weighted by Crippen LogP contribution is 2.42. The van der Waals surface area contributed by atoms with E-state index in [0.717, 1.165) is 35.7 Å². The summed E-state index contributed by atoms with van der Waals surface area (Å²) in [6.07, 6.45) is 7.59. The smallest absolute Gasteiger partial charge is 0.250 e. The number of hydrogen-bond donors (Lipinski definition) is 1. The lowest BCUT2D eigenvalue weighted by atomic mass is 10.2. The van der Waals surface area contributed by atoms with Crippen molar-refractivity contribution < 1.29 is 4.79 Å². The summed E-state index contributed by atoms with van der Waals surface area (Å²) in [5.74, 6) is 0.296. The second kappa shape index (κ2) is 7.44. The van der Waals surface area contributed by atoms with Crippen LogP contribution in [0, 0.1) is 6.92 Å². The SMILES string of the molecule is CCCCn1nc(C)c(C=CC(=O)Nc2nnc(C3CC3)s2)c1Cl. The highest BCUT2D eigenvalue weighted by Gasteiger charge is 2.27. The van der Waals surface area contributed by atoms with Crippen molar-refractivity contribution in [3.63, 3.8) is 0 Å². The Hall–Kier alpha value is -1.73. The van der Waals surface area contributed by atoms with Crippen LogP contribution < -0.4 is 5.32 Å². The molecule has 1 saturated carbocycles. The van der Waals surface area contributed by atoms with Crippen molar-refractivity contribution >= 4 is 40.1 Å². The van der Waals surface area contributed by atoms with E-state index in [-0.39, 0.29) is 5.91 Å². The van der Waals surface area contributed by atoms with Crippen LogP contribution in [-0.4, -0.2) is 25.9 Å². The van der Waals surface area contributed by atoms with Crippen molar-refractivity contribution in [2.24, 2.45) is 0 Å². The molecule has 1 fully saturated rings. The molecule has 2 aromatic rings. The Morgan fingerprint density at radius 2 is 2.25 bits per heavy atom. The lowest BCUT2D eigenvalue weighted by Crippen LogP contribution is -2.07. The summed E-state index contributed by atoms with van der Waals surface area (Å²) < 4.78 is 1.78. The summed E-state index contributed by atoms with van der Waals surface area (Å²) >= 11 is 7.79. The van der Waals surface area contributed by atoms with Crippen molar-refractivity contribution in [2.75, 3.05) is 5.32 Å². The molecule has 0 aliphatic heterocycles. The van der Waals surface area contributed by atoms with Gasteiger partial charge in [0.05, 0.1) is 5.69 Å². The van der Waals surface area contributed by atoms with Gasteiger partial charge in [-0.15, -0.1) is 10.2 Å². The lowest BCUT2D eigenvalue weighted by molar-refractivity contribution is -0.111. The van der Waals surface area contributed by atoms with E-state index in [4.69, 9.17) is 11.6 Å². The van der Waals surface area contributed by atoms with Gasteiger partial charge >= 0.3 is 0 Å². The van der Waals surface area contributed by atoms with Gasteiger partial charge in [0.1, 0.15) is 10.2 Å². The van der Waals surface area contributed by atoms with Gasteiger partial charge in [-0.05, 0) is 32.3 Å². The van der Waals surface area contributed by atoms with Gasteiger partial charge in [0.25, 0.3) is 0 Å². The van der Waals surface area contributed by atoms with Crippen molar-refractivity contribution in [3.05, 3.63) is 27.5 Å². The van der Waals surface area contributed by atoms with Crippen LogP contribution in [0.25, 0.3) is 6.08 Å². The quantitative estimate of drug-likeness (QED) is 0.752. The fraction of sp³-hybridized carbons (Fsp3) is 0.500. The minimum Gasteiger partial charge on any atom is -0.297 e. The van der Waals surface area contributed by atoms with Crippen LogP contribution >= 0.6 is 22.9 Å². The normalized spacial score (nSPS) is 14.5. The maximum Gasteiger partial charge on any atom is 0.250 e. The molecule has 0 spiro atoms. The van der Waals surface area contributed by atoms with E-state index >= 15 is 0 Å². The standard InChI is InChI=1S/C16H20ClN5OS/c1-3-4-9-22-14(17)12(10(2)21-22)7-8-13(23)18-16-20-19-15(24-16)11-5-6-11/h7-8,11H,3-6,9H2,1-2H3,(H,18,20,23). The molecule has 0 atom stereocenters. The number of hydrogen-bond acceptors (Lipinski definition) is 5. The number of carbonyl (C=O) groups excluding carboxylic acids is 1. The second-order valence-electron chi connectivity index (χ2n) is 5.91. The molecule has 0 radical (unpaired) electrons. The van der Waals surface area contributed by atoms with Gasteiger partial charge in [-0.3, -0.25) is 14.8 Å². The third-order valence-corrected chi connectivity index (χ3v) is 5.23. The van der Waals surface area contributed by atoms with E-state index in [1.165, 1.54) is 30.3 Å². The predicted octanol–water partition coefficient (Wildman–Crippen LogP) is 4.03. The van der Waals surface area contributed by atoms with E-state index in [2.05, 4.69) is 27.5 Å². The molecule has 24 heavy (non-hydrogen) atoms. The highest BCUT2D eigenvalue weighted by molar-refractivity contribution is 7.15. The molecule has 0 saturated heterocycles. The maximum atomic E-state index is 12.1. The molecule has 2 aromatic heterocycles. The van der Waals surface area contributed by atoms with Crippen molar-refractivity contribution in [3.8, 4) is 0 Å². The first-order valence-corrected chi connectivity index (χ1v) is 9.33. The van der Waals surface area contributed by atoms with E-state index < -0.39 is 0 Å². The molecule has 8 heteroatoms.